The van der Waals surface area contributed by atoms with E-state index in [9.17, 15) is 0 Å². The molecule has 1 aliphatic heterocycles. The molecule has 1 heterocycles. The fraction of sp³-hybridized carbons (Fsp3) is 0.417. The summed E-state index contributed by atoms with van der Waals surface area (Å²) in [5.41, 5.74) is 1.12. The molecule has 2 nitrogen and oxygen atoms in total. The molecule has 2 atom stereocenters. The monoisotopic (exact) mass is 187 g/mol. The van der Waals surface area contributed by atoms with Crippen molar-refractivity contribution in [1.82, 2.24) is 0 Å². The topological polar surface area (TPSA) is 36.3 Å². The van der Waals surface area contributed by atoms with Gasteiger partial charge in [0, 0.05) is 0 Å². The summed E-state index contributed by atoms with van der Waals surface area (Å²) in [6.07, 6.45) is 1.72. The standard InChI is InChI=1S/C12H13NO/c1-12(11(9-13)14-12)8-7-10-5-3-2-4-6-10/h2-6,11H,7-8H2,1H3. The Bertz CT molecular complexity index is 354. The minimum absolute atomic E-state index is 0.189. The lowest BCUT2D eigenvalue weighted by Gasteiger charge is -2.04. The predicted octanol–water partition coefficient (Wildman–Crippen LogP) is 2.30. The number of aryl methyl sites for hydroxylation is 1. The lowest BCUT2D eigenvalue weighted by atomic mass is 9.98. The minimum Gasteiger partial charge on any atom is -0.350 e. The van der Waals surface area contributed by atoms with Gasteiger partial charge < -0.3 is 4.74 Å². The van der Waals surface area contributed by atoms with Gasteiger partial charge in [0.2, 0.25) is 0 Å². The van der Waals surface area contributed by atoms with Crippen molar-refractivity contribution in [2.24, 2.45) is 0 Å². The quantitative estimate of drug-likeness (QED) is 0.681. The van der Waals surface area contributed by atoms with Gasteiger partial charge in [-0.1, -0.05) is 30.3 Å². The average molecular weight is 187 g/mol. The van der Waals surface area contributed by atoms with Crippen LogP contribution in [0.2, 0.25) is 0 Å². The van der Waals surface area contributed by atoms with Crippen LogP contribution in [0.15, 0.2) is 30.3 Å². The van der Waals surface area contributed by atoms with Gasteiger partial charge in [-0.3, -0.25) is 0 Å². The molecule has 14 heavy (non-hydrogen) atoms. The van der Waals surface area contributed by atoms with Gasteiger partial charge in [0.1, 0.15) is 5.60 Å². The Morgan fingerprint density at radius 1 is 1.43 bits per heavy atom. The second-order valence-corrected chi connectivity index (χ2v) is 3.93. The van der Waals surface area contributed by atoms with Gasteiger partial charge in [-0.25, -0.2) is 0 Å². The number of rotatable bonds is 3. The Morgan fingerprint density at radius 2 is 2.14 bits per heavy atom. The van der Waals surface area contributed by atoms with E-state index in [0.29, 0.717) is 0 Å². The molecule has 0 aromatic heterocycles. The molecule has 0 aliphatic carbocycles. The third-order valence-corrected chi connectivity index (χ3v) is 2.75. The molecule has 0 spiro atoms. The summed E-state index contributed by atoms with van der Waals surface area (Å²) in [4.78, 5) is 0. The van der Waals surface area contributed by atoms with Crippen LogP contribution >= 0.6 is 0 Å². The van der Waals surface area contributed by atoms with Crippen molar-refractivity contribution in [3.8, 4) is 6.07 Å². The maximum Gasteiger partial charge on any atom is 0.173 e. The first-order chi connectivity index (χ1) is 6.74. The summed E-state index contributed by atoms with van der Waals surface area (Å²) < 4.78 is 5.31. The first-order valence-corrected chi connectivity index (χ1v) is 4.86. The molecule has 2 rings (SSSR count). The molecule has 0 amide bonds. The Morgan fingerprint density at radius 3 is 2.71 bits per heavy atom. The van der Waals surface area contributed by atoms with Gasteiger partial charge >= 0.3 is 0 Å². The fourth-order valence-electron chi connectivity index (χ4n) is 1.63. The van der Waals surface area contributed by atoms with Crippen LogP contribution in [0.4, 0.5) is 0 Å². The molecule has 2 heteroatoms. The highest BCUT2D eigenvalue weighted by Crippen LogP contribution is 2.39. The van der Waals surface area contributed by atoms with E-state index in [1.807, 2.05) is 25.1 Å². The van der Waals surface area contributed by atoms with Crippen molar-refractivity contribution >= 4 is 0 Å². The largest absolute Gasteiger partial charge is 0.350 e. The highest BCUT2D eigenvalue weighted by Gasteiger charge is 2.52. The summed E-state index contributed by atoms with van der Waals surface area (Å²) in [5.74, 6) is 0. The van der Waals surface area contributed by atoms with Crippen LogP contribution in [0, 0.1) is 11.3 Å². The molecule has 1 aliphatic rings. The van der Waals surface area contributed by atoms with E-state index in [0.717, 1.165) is 12.8 Å². The number of benzene rings is 1. The normalized spacial score (nSPS) is 29.6. The van der Waals surface area contributed by atoms with Crippen LogP contribution in [-0.4, -0.2) is 11.7 Å². The molecular weight excluding hydrogens is 174 g/mol. The zero-order valence-electron chi connectivity index (χ0n) is 8.23. The van der Waals surface area contributed by atoms with Crippen LogP contribution in [0.1, 0.15) is 18.9 Å². The Kier molecular flexibility index (Phi) is 2.26. The van der Waals surface area contributed by atoms with Crippen molar-refractivity contribution in [3.05, 3.63) is 35.9 Å². The molecule has 2 unspecified atom stereocenters. The number of nitriles is 1. The molecule has 1 aromatic carbocycles. The number of ether oxygens (including phenoxy) is 1. The second kappa shape index (κ2) is 3.43. The van der Waals surface area contributed by atoms with E-state index in [2.05, 4.69) is 18.2 Å². The third kappa shape index (κ3) is 1.78. The summed E-state index contributed by atoms with van der Waals surface area (Å²) in [6.45, 7) is 2.00. The van der Waals surface area contributed by atoms with Crippen molar-refractivity contribution in [3.63, 3.8) is 0 Å². The molecule has 1 aromatic rings. The Hall–Kier alpha value is -1.33. The SMILES string of the molecule is CC1(CCc2ccccc2)OC1C#N. The van der Waals surface area contributed by atoms with E-state index >= 15 is 0 Å². The predicted molar refractivity (Wildman–Crippen MR) is 53.7 cm³/mol. The summed E-state index contributed by atoms with van der Waals surface area (Å²) in [7, 11) is 0. The van der Waals surface area contributed by atoms with E-state index in [1.165, 1.54) is 5.56 Å². The third-order valence-electron chi connectivity index (χ3n) is 2.75. The zero-order valence-corrected chi connectivity index (χ0v) is 8.23. The maximum atomic E-state index is 8.66. The van der Waals surface area contributed by atoms with E-state index in [4.69, 9.17) is 10.00 Å². The number of hydrogen-bond donors (Lipinski definition) is 0. The highest BCUT2D eigenvalue weighted by molar-refractivity contribution is 5.18. The number of hydrogen-bond acceptors (Lipinski definition) is 2. The van der Waals surface area contributed by atoms with Crippen LogP contribution in [0.3, 0.4) is 0 Å². The molecule has 1 fully saturated rings. The summed E-state index contributed by atoms with van der Waals surface area (Å²) >= 11 is 0. The van der Waals surface area contributed by atoms with Crippen LogP contribution in [-0.2, 0) is 11.2 Å². The second-order valence-electron chi connectivity index (χ2n) is 3.93. The fourth-order valence-corrected chi connectivity index (χ4v) is 1.63. The molecule has 1 saturated heterocycles. The zero-order chi connectivity index (χ0) is 10.0. The van der Waals surface area contributed by atoms with Gasteiger partial charge in [0.15, 0.2) is 6.10 Å². The summed E-state index contributed by atoms with van der Waals surface area (Å²) in [5, 5.41) is 8.66. The van der Waals surface area contributed by atoms with Gasteiger partial charge in [-0.2, -0.15) is 5.26 Å². The first-order valence-electron chi connectivity index (χ1n) is 4.86. The van der Waals surface area contributed by atoms with Crippen molar-refractivity contribution < 1.29 is 4.74 Å². The summed E-state index contributed by atoms with van der Waals surface area (Å²) in [6, 6.07) is 12.4. The van der Waals surface area contributed by atoms with Crippen molar-refractivity contribution in [2.45, 2.75) is 31.5 Å². The lowest BCUT2D eigenvalue weighted by Crippen LogP contribution is -2.09. The van der Waals surface area contributed by atoms with Gasteiger partial charge in [0.25, 0.3) is 0 Å². The van der Waals surface area contributed by atoms with Crippen LogP contribution in [0.5, 0.6) is 0 Å². The Labute approximate surface area is 84.1 Å². The van der Waals surface area contributed by atoms with Gasteiger partial charge in [-0.05, 0) is 25.3 Å². The van der Waals surface area contributed by atoms with E-state index < -0.39 is 0 Å². The molecule has 0 saturated carbocycles. The van der Waals surface area contributed by atoms with Crippen LogP contribution in [0.25, 0.3) is 0 Å². The van der Waals surface area contributed by atoms with E-state index in [1.54, 1.807) is 0 Å². The highest BCUT2D eigenvalue weighted by atomic mass is 16.6. The molecule has 0 N–H and O–H groups in total. The number of nitrogens with zero attached hydrogens (tertiary/aromatic N) is 1. The van der Waals surface area contributed by atoms with Crippen LogP contribution < -0.4 is 0 Å². The average Bonchev–Trinajstić information content (AvgIpc) is 2.89. The molecular formula is C12H13NO. The minimum atomic E-state index is -0.190. The van der Waals surface area contributed by atoms with Gasteiger partial charge in [0.05, 0.1) is 6.07 Å². The van der Waals surface area contributed by atoms with Crippen molar-refractivity contribution in [2.75, 3.05) is 0 Å². The van der Waals surface area contributed by atoms with Gasteiger partial charge in [-0.15, -0.1) is 0 Å². The van der Waals surface area contributed by atoms with Crippen molar-refractivity contribution in [1.29, 1.82) is 5.26 Å². The smallest absolute Gasteiger partial charge is 0.173 e. The lowest BCUT2D eigenvalue weighted by molar-refractivity contribution is 0.303. The first kappa shape index (κ1) is 9.23. The Balaban J connectivity index is 1.88. The molecule has 0 radical (unpaired) electrons. The number of epoxide rings is 1. The molecule has 72 valence electrons. The molecule has 0 bridgehead atoms. The van der Waals surface area contributed by atoms with E-state index in [-0.39, 0.29) is 11.7 Å². The maximum absolute atomic E-state index is 8.66.